The van der Waals surface area contributed by atoms with E-state index in [-0.39, 0.29) is 0 Å². The Kier molecular flexibility index (Phi) is 4.00. The smallest absolute Gasteiger partial charge is 0.120 e. The summed E-state index contributed by atoms with van der Waals surface area (Å²) < 4.78 is 5.48. The predicted molar refractivity (Wildman–Crippen MR) is 56.0 cm³/mol. The summed E-state index contributed by atoms with van der Waals surface area (Å²) in [6.45, 7) is 6.60. The fourth-order valence-corrected chi connectivity index (χ4v) is 1.14. The van der Waals surface area contributed by atoms with Crippen LogP contribution in [0.15, 0.2) is 18.2 Å². The van der Waals surface area contributed by atoms with Crippen LogP contribution in [0, 0.1) is 18.3 Å². The Morgan fingerprint density at radius 2 is 2.21 bits per heavy atom. The average Bonchev–Trinajstić information content (AvgIpc) is 2.17. The van der Waals surface area contributed by atoms with E-state index in [4.69, 9.17) is 10.00 Å². The Bertz CT molecular complexity index is 339. The molecule has 0 aliphatic carbocycles. The molecule has 0 aliphatic heterocycles. The van der Waals surface area contributed by atoms with Crippen molar-refractivity contribution in [2.45, 2.75) is 19.8 Å². The summed E-state index contributed by atoms with van der Waals surface area (Å²) in [6, 6.07) is 7.41. The van der Waals surface area contributed by atoms with Gasteiger partial charge in [-0.3, -0.25) is 0 Å². The van der Waals surface area contributed by atoms with Crippen LogP contribution in [0.4, 0.5) is 0 Å². The third-order valence-corrected chi connectivity index (χ3v) is 1.86. The van der Waals surface area contributed by atoms with Gasteiger partial charge in [-0.2, -0.15) is 5.26 Å². The Morgan fingerprint density at radius 3 is 2.86 bits per heavy atom. The molecule has 0 saturated heterocycles. The molecule has 0 N–H and O–H groups in total. The van der Waals surface area contributed by atoms with Crippen LogP contribution in [0.5, 0.6) is 5.75 Å². The Balaban J connectivity index is 2.68. The van der Waals surface area contributed by atoms with Gasteiger partial charge in [0.05, 0.1) is 18.2 Å². The lowest BCUT2D eigenvalue weighted by molar-refractivity contribution is 0.309. The monoisotopic (exact) mass is 188 g/mol. The van der Waals surface area contributed by atoms with Gasteiger partial charge in [-0.1, -0.05) is 13.3 Å². The lowest BCUT2D eigenvalue weighted by Crippen LogP contribution is -1.97. The van der Waals surface area contributed by atoms with E-state index >= 15 is 0 Å². The quantitative estimate of drug-likeness (QED) is 0.680. The summed E-state index contributed by atoms with van der Waals surface area (Å²) in [4.78, 5) is 0. The van der Waals surface area contributed by atoms with Crippen molar-refractivity contribution in [3.8, 4) is 11.8 Å². The van der Waals surface area contributed by atoms with E-state index in [9.17, 15) is 0 Å². The molecule has 2 nitrogen and oxygen atoms in total. The van der Waals surface area contributed by atoms with Gasteiger partial charge >= 0.3 is 0 Å². The number of ether oxygens (including phenoxy) is 1. The van der Waals surface area contributed by atoms with Crippen molar-refractivity contribution in [3.05, 3.63) is 36.2 Å². The first kappa shape index (κ1) is 10.6. The van der Waals surface area contributed by atoms with Gasteiger partial charge in [0.25, 0.3) is 0 Å². The van der Waals surface area contributed by atoms with Crippen molar-refractivity contribution < 1.29 is 4.74 Å². The van der Waals surface area contributed by atoms with Gasteiger partial charge in [-0.05, 0) is 37.1 Å². The third kappa shape index (κ3) is 3.10. The van der Waals surface area contributed by atoms with Crippen LogP contribution >= 0.6 is 0 Å². The molecule has 0 spiro atoms. The first-order valence-corrected chi connectivity index (χ1v) is 4.76. The summed E-state index contributed by atoms with van der Waals surface area (Å²) in [5, 5.41) is 8.72. The van der Waals surface area contributed by atoms with Crippen molar-refractivity contribution in [3.63, 3.8) is 0 Å². The maximum atomic E-state index is 8.72. The largest absolute Gasteiger partial charge is 0.494 e. The molecule has 1 aromatic carbocycles. The number of nitriles is 1. The van der Waals surface area contributed by atoms with Crippen LogP contribution in [0.3, 0.4) is 0 Å². The molecule has 0 aromatic heterocycles. The van der Waals surface area contributed by atoms with Crippen LogP contribution in [-0.2, 0) is 0 Å². The van der Waals surface area contributed by atoms with E-state index in [1.165, 1.54) is 0 Å². The Labute approximate surface area is 85.1 Å². The van der Waals surface area contributed by atoms with Crippen LogP contribution < -0.4 is 4.74 Å². The van der Waals surface area contributed by atoms with Crippen LogP contribution in [0.2, 0.25) is 0 Å². The molecule has 1 aromatic rings. The first-order valence-electron chi connectivity index (χ1n) is 4.76. The summed E-state index contributed by atoms with van der Waals surface area (Å²) in [6.07, 6.45) is 2.14. The predicted octanol–water partition coefficient (Wildman–Crippen LogP) is 2.92. The lowest BCUT2D eigenvalue weighted by Gasteiger charge is -2.06. The summed E-state index contributed by atoms with van der Waals surface area (Å²) in [5.74, 6) is 0.738. The number of hydrogen-bond donors (Lipinski definition) is 0. The number of nitrogens with zero attached hydrogens (tertiary/aromatic N) is 1. The number of rotatable bonds is 4. The Morgan fingerprint density at radius 1 is 1.43 bits per heavy atom. The third-order valence-electron chi connectivity index (χ3n) is 1.86. The van der Waals surface area contributed by atoms with Crippen molar-refractivity contribution in [1.29, 1.82) is 5.26 Å². The second kappa shape index (κ2) is 5.29. The Hall–Kier alpha value is -1.49. The molecule has 0 saturated carbocycles. The van der Waals surface area contributed by atoms with Crippen molar-refractivity contribution >= 4 is 0 Å². The minimum atomic E-state index is 0.601. The maximum Gasteiger partial charge on any atom is 0.120 e. The molecule has 73 valence electrons. The zero-order chi connectivity index (χ0) is 10.4. The normalized spacial score (nSPS) is 9.50. The second-order valence-electron chi connectivity index (χ2n) is 3.18. The molecule has 0 atom stereocenters. The van der Waals surface area contributed by atoms with E-state index in [1.807, 2.05) is 6.07 Å². The minimum Gasteiger partial charge on any atom is -0.494 e. The van der Waals surface area contributed by atoms with Gasteiger partial charge in [0.1, 0.15) is 5.75 Å². The number of hydrogen-bond acceptors (Lipinski definition) is 2. The van der Waals surface area contributed by atoms with Crippen LogP contribution in [-0.4, -0.2) is 6.61 Å². The molecular formula is C12H14NO. The highest BCUT2D eigenvalue weighted by Crippen LogP contribution is 2.16. The highest BCUT2D eigenvalue weighted by atomic mass is 16.5. The van der Waals surface area contributed by atoms with E-state index < -0.39 is 0 Å². The fraction of sp³-hybridized carbons (Fsp3) is 0.333. The summed E-state index contributed by atoms with van der Waals surface area (Å²) >= 11 is 0. The van der Waals surface area contributed by atoms with Gasteiger partial charge in [0.15, 0.2) is 0 Å². The molecule has 1 radical (unpaired) electrons. The lowest BCUT2D eigenvalue weighted by atomic mass is 10.1. The molecule has 0 heterocycles. The highest BCUT2D eigenvalue weighted by Gasteiger charge is 1.98. The first-order chi connectivity index (χ1) is 6.76. The molecule has 2 heteroatoms. The maximum absolute atomic E-state index is 8.72. The fourth-order valence-electron chi connectivity index (χ4n) is 1.14. The van der Waals surface area contributed by atoms with Crippen LogP contribution in [0.1, 0.15) is 30.9 Å². The van der Waals surface area contributed by atoms with Gasteiger partial charge in [0.2, 0.25) is 0 Å². The van der Waals surface area contributed by atoms with E-state index in [2.05, 4.69) is 19.9 Å². The second-order valence-corrected chi connectivity index (χ2v) is 3.18. The SMILES string of the molecule is [CH2]c1cc(C#N)cc(OCCCC)c1. The zero-order valence-corrected chi connectivity index (χ0v) is 8.42. The van der Waals surface area contributed by atoms with Gasteiger partial charge in [0, 0.05) is 0 Å². The van der Waals surface area contributed by atoms with Crippen molar-refractivity contribution in [2.24, 2.45) is 0 Å². The topological polar surface area (TPSA) is 33.0 Å². The number of unbranched alkanes of at least 4 members (excludes halogenated alkanes) is 1. The molecule has 0 fully saturated rings. The molecule has 0 amide bonds. The van der Waals surface area contributed by atoms with E-state index in [1.54, 1.807) is 12.1 Å². The van der Waals surface area contributed by atoms with Gasteiger partial charge in [-0.25, -0.2) is 0 Å². The number of benzene rings is 1. The molecular weight excluding hydrogens is 174 g/mol. The minimum absolute atomic E-state index is 0.601. The van der Waals surface area contributed by atoms with Crippen molar-refractivity contribution in [1.82, 2.24) is 0 Å². The summed E-state index contributed by atoms with van der Waals surface area (Å²) in [7, 11) is 0. The van der Waals surface area contributed by atoms with E-state index in [0.29, 0.717) is 12.2 Å². The van der Waals surface area contributed by atoms with Crippen LogP contribution in [0.25, 0.3) is 0 Å². The molecule has 1 rings (SSSR count). The average molecular weight is 188 g/mol. The zero-order valence-electron chi connectivity index (χ0n) is 8.42. The van der Waals surface area contributed by atoms with Gasteiger partial charge in [-0.15, -0.1) is 0 Å². The standard InChI is InChI=1S/C12H14NO/c1-3-4-5-14-12-7-10(2)6-11(8-12)9-13/h6-8H,2-5H2,1H3. The van der Waals surface area contributed by atoms with Gasteiger partial charge < -0.3 is 4.74 Å². The summed E-state index contributed by atoms with van der Waals surface area (Å²) in [5.41, 5.74) is 1.42. The molecule has 0 bridgehead atoms. The van der Waals surface area contributed by atoms with E-state index in [0.717, 1.165) is 24.2 Å². The molecule has 0 aliphatic rings. The van der Waals surface area contributed by atoms with Crippen molar-refractivity contribution in [2.75, 3.05) is 6.61 Å². The highest BCUT2D eigenvalue weighted by molar-refractivity contribution is 5.41. The molecule has 14 heavy (non-hydrogen) atoms. The molecule has 0 unspecified atom stereocenters.